The van der Waals surface area contributed by atoms with Gasteiger partial charge in [0, 0.05) is 12.2 Å². The molecule has 1 aromatic carbocycles. The quantitative estimate of drug-likeness (QED) is 0.900. The van der Waals surface area contributed by atoms with E-state index in [-0.39, 0.29) is 16.8 Å². The molecule has 1 aliphatic rings. The summed E-state index contributed by atoms with van der Waals surface area (Å²) in [5, 5.41) is 0. The van der Waals surface area contributed by atoms with E-state index in [9.17, 15) is 8.42 Å². The van der Waals surface area contributed by atoms with Crippen LogP contribution >= 0.6 is 0 Å². The Morgan fingerprint density at radius 2 is 1.90 bits per heavy atom. The molecule has 110 valence electrons. The molecule has 0 saturated carbocycles. The SMILES string of the molecule is Nc1ncccc1S(=O)(=O)NC1CCc2ccccc2C1. The van der Waals surface area contributed by atoms with E-state index in [1.54, 1.807) is 6.07 Å². The Hall–Kier alpha value is -1.92. The molecule has 3 N–H and O–H groups in total. The van der Waals surface area contributed by atoms with Crippen LogP contribution in [0.3, 0.4) is 0 Å². The molecule has 21 heavy (non-hydrogen) atoms. The van der Waals surface area contributed by atoms with Gasteiger partial charge in [0.2, 0.25) is 10.0 Å². The Bertz CT molecular complexity index is 759. The third-order valence-electron chi connectivity index (χ3n) is 3.76. The van der Waals surface area contributed by atoms with Gasteiger partial charge in [-0.2, -0.15) is 0 Å². The maximum atomic E-state index is 12.4. The first-order valence-electron chi connectivity index (χ1n) is 6.86. The second kappa shape index (κ2) is 5.46. The topological polar surface area (TPSA) is 85.1 Å². The summed E-state index contributed by atoms with van der Waals surface area (Å²) >= 11 is 0. The number of aromatic nitrogens is 1. The van der Waals surface area contributed by atoms with Crippen LogP contribution in [0.5, 0.6) is 0 Å². The summed E-state index contributed by atoms with van der Waals surface area (Å²) in [6.07, 6.45) is 3.85. The lowest BCUT2D eigenvalue weighted by molar-refractivity contribution is 0.507. The van der Waals surface area contributed by atoms with Crippen molar-refractivity contribution in [2.45, 2.75) is 30.2 Å². The van der Waals surface area contributed by atoms with Gasteiger partial charge in [0.1, 0.15) is 10.7 Å². The molecule has 0 saturated heterocycles. The molecule has 1 aromatic heterocycles. The van der Waals surface area contributed by atoms with E-state index in [4.69, 9.17) is 5.73 Å². The van der Waals surface area contributed by atoms with Crippen LogP contribution in [-0.4, -0.2) is 19.4 Å². The van der Waals surface area contributed by atoms with Crippen LogP contribution < -0.4 is 10.5 Å². The average molecular weight is 303 g/mol. The number of nitrogens with zero attached hydrogens (tertiary/aromatic N) is 1. The molecule has 5 nitrogen and oxygen atoms in total. The Labute approximate surface area is 124 Å². The lowest BCUT2D eigenvalue weighted by Crippen LogP contribution is -2.39. The number of hydrogen-bond donors (Lipinski definition) is 2. The molecular formula is C15H17N3O2S. The predicted octanol–water partition coefficient (Wildman–Crippen LogP) is 1.50. The van der Waals surface area contributed by atoms with Crippen LogP contribution in [0.25, 0.3) is 0 Å². The Morgan fingerprint density at radius 1 is 1.14 bits per heavy atom. The maximum Gasteiger partial charge on any atom is 0.244 e. The summed E-state index contributed by atoms with van der Waals surface area (Å²) in [4.78, 5) is 3.88. The number of nitrogens with two attached hydrogens (primary N) is 1. The summed E-state index contributed by atoms with van der Waals surface area (Å²) in [5.74, 6) is 0.0289. The highest BCUT2D eigenvalue weighted by Crippen LogP contribution is 2.23. The summed E-state index contributed by atoms with van der Waals surface area (Å²) in [6, 6.07) is 11.1. The number of nitrogen functional groups attached to an aromatic ring is 1. The van der Waals surface area contributed by atoms with Crippen LogP contribution in [0.15, 0.2) is 47.5 Å². The minimum atomic E-state index is -3.63. The summed E-state index contributed by atoms with van der Waals surface area (Å²) in [6.45, 7) is 0. The van der Waals surface area contributed by atoms with Crippen molar-refractivity contribution in [3.8, 4) is 0 Å². The molecule has 0 amide bonds. The minimum absolute atomic E-state index is 0.0289. The monoisotopic (exact) mass is 303 g/mol. The average Bonchev–Trinajstić information content (AvgIpc) is 2.47. The van der Waals surface area contributed by atoms with Gasteiger partial charge in [-0.15, -0.1) is 0 Å². The summed E-state index contributed by atoms with van der Waals surface area (Å²) in [5.41, 5.74) is 8.16. The summed E-state index contributed by atoms with van der Waals surface area (Å²) in [7, 11) is -3.63. The van der Waals surface area contributed by atoms with Crippen LogP contribution in [0.4, 0.5) is 5.82 Å². The van der Waals surface area contributed by atoms with Crippen molar-refractivity contribution < 1.29 is 8.42 Å². The summed E-state index contributed by atoms with van der Waals surface area (Å²) < 4.78 is 27.5. The van der Waals surface area contributed by atoms with Crippen LogP contribution in [0.1, 0.15) is 17.5 Å². The maximum absolute atomic E-state index is 12.4. The highest BCUT2D eigenvalue weighted by molar-refractivity contribution is 7.89. The zero-order chi connectivity index (χ0) is 14.9. The van der Waals surface area contributed by atoms with E-state index in [1.165, 1.54) is 23.4 Å². The van der Waals surface area contributed by atoms with Gasteiger partial charge in [0.25, 0.3) is 0 Å². The van der Waals surface area contributed by atoms with Crippen molar-refractivity contribution in [2.75, 3.05) is 5.73 Å². The van der Waals surface area contributed by atoms with Gasteiger partial charge >= 0.3 is 0 Å². The molecule has 6 heteroatoms. The number of pyridine rings is 1. The van der Waals surface area contributed by atoms with Crippen molar-refractivity contribution in [3.63, 3.8) is 0 Å². The first-order valence-corrected chi connectivity index (χ1v) is 8.34. The molecule has 0 aliphatic heterocycles. The van der Waals surface area contributed by atoms with E-state index in [0.717, 1.165) is 12.8 Å². The van der Waals surface area contributed by atoms with Gasteiger partial charge in [-0.05, 0) is 42.5 Å². The number of fused-ring (bicyclic) bond motifs is 1. The first kappa shape index (κ1) is 14.0. The first-order chi connectivity index (χ1) is 10.1. The molecule has 2 aromatic rings. The smallest absolute Gasteiger partial charge is 0.244 e. The van der Waals surface area contributed by atoms with Gasteiger partial charge in [0.05, 0.1) is 0 Å². The van der Waals surface area contributed by atoms with Crippen LogP contribution in [0.2, 0.25) is 0 Å². The van der Waals surface area contributed by atoms with Crippen molar-refractivity contribution >= 4 is 15.8 Å². The number of rotatable bonds is 3. The third kappa shape index (κ3) is 2.91. The molecule has 0 bridgehead atoms. The van der Waals surface area contributed by atoms with Gasteiger partial charge in [-0.3, -0.25) is 0 Å². The molecule has 0 fully saturated rings. The molecule has 1 heterocycles. The normalized spacial score (nSPS) is 18.2. The molecule has 0 spiro atoms. The minimum Gasteiger partial charge on any atom is -0.383 e. The fourth-order valence-corrected chi connectivity index (χ4v) is 4.06. The highest BCUT2D eigenvalue weighted by atomic mass is 32.2. The Kier molecular flexibility index (Phi) is 3.65. The van der Waals surface area contributed by atoms with Crippen molar-refractivity contribution in [2.24, 2.45) is 0 Å². The van der Waals surface area contributed by atoms with E-state index in [0.29, 0.717) is 6.42 Å². The van der Waals surface area contributed by atoms with Gasteiger partial charge in [-0.25, -0.2) is 18.1 Å². The number of hydrogen-bond acceptors (Lipinski definition) is 4. The largest absolute Gasteiger partial charge is 0.383 e. The Balaban J connectivity index is 1.80. The molecule has 1 aliphatic carbocycles. The van der Waals surface area contributed by atoms with E-state index in [1.807, 2.05) is 18.2 Å². The third-order valence-corrected chi connectivity index (χ3v) is 5.33. The number of anilines is 1. The van der Waals surface area contributed by atoms with Crippen LogP contribution in [0, 0.1) is 0 Å². The fourth-order valence-electron chi connectivity index (χ4n) is 2.71. The molecule has 0 radical (unpaired) electrons. The van der Waals surface area contributed by atoms with Crippen molar-refractivity contribution in [1.29, 1.82) is 0 Å². The van der Waals surface area contributed by atoms with Gasteiger partial charge in [0.15, 0.2) is 0 Å². The standard InChI is InChI=1S/C15H17N3O2S/c16-15-14(6-3-9-17-15)21(19,20)18-13-8-7-11-4-1-2-5-12(11)10-13/h1-6,9,13,18H,7-8,10H2,(H2,16,17). The zero-order valence-electron chi connectivity index (χ0n) is 11.5. The lowest BCUT2D eigenvalue weighted by Gasteiger charge is -2.25. The lowest BCUT2D eigenvalue weighted by atomic mass is 9.89. The van der Waals surface area contributed by atoms with E-state index < -0.39 is 10.0 Å². The van der Waals surface area contributed by atoms with Gasteiger partial charge < -0.3 is 5.73 Å². The molecule has 3 rings (SSSR count). The number of benzene rings is 1. The number of nitrogens with one attached hydrogen (secondary N) is 1. The van der Waals surface area contributed by atoms with Crippen molar-refractivity contribution in [1.82, 2.24) is 9.71 Å². The highest BCUT2D eigenvalue weighted by Gasteiger charge is 2.25. The number of aryl methyl sites for hydroxylation is 1. The zero-order valence-corrected chi connectivity index (χ0v) is 12.3. The molecular weight excluding hydrogens is 286 g/mol. The van der Waals surface area contributed by atoms with E-state index >= 15 is 0 Å². The predicted molar refractivity (Wildman–Crippen MR) is 81.2 cm³/mol. The fraction of sp³-hybridized carbons (Fsp3) is 0.267. The van der Waals surface area contributed by atoms with E-state index in [2.05, 4.69) is 15.8 Å². The Morgan fingerprint density at radius 3 is 2.67 bits per heavy atom. The molecule has 1 unspecified atom stereocenters. The second-order valence-corrected chi connectivity index (χ2v) is 6.90. The van der Waals surface area contributed by atoms with Crippen molar-refractivity contribution in [3.05, 3.63) is 53.7 Å². The van der Waals surface area contributed by atoms with Crippen LogP contribution in [-0.2, 0) is 22.9 Å². The second-order valence-electron chi connectivity index (χ2n) is 5.22. The van der Waals surface area contributed by atoms with Gasteiger partial charge in [-0.1, -0.05) is 24.3 Å². The molecule has 1 atom stereocenters. The number of sulfonamides is 1.